The van der Waals surface area contributed by atoms with E-state index in [1.54, 1.807) is 0 Å². The predicted octanol–water partition coefficient (Wildman–Crippen LogP) is 4.11. The Balaban J connectivity index is 1.43. The molecule has 9 atom stereocenters. The van der Waals surface area contributed by atoms with Gasteiger partial charge in [-0.15, -0.1) is 0 Å². The minimum Gasteiger partial charge on any atom is -0.373 e. The highest BCUT2D eigenvalue weighted by Gasteiger charge is 2.65. The number of thioether (sulfide) groups is 1. The number of rotatable bonds is 6. The molecule has 10 heteroatoms. The molecule has 4 saturated carbocycles. The van der Waals surface area contributed by atoms with Crippen LogP contribution in [0.15, 0.2) is 0 Å². The fourth-order valence-electron chi connectivity index (χ4n) is 9.91. The summed E-state index contributed by atoms with van der Waals surface area (Å²) in [5, 5.41) is -0.0484. The quantitative estimate of drug-likeness (QED) is 0.418. The highest BCUT2D eigenvalue weighted by Crippen LogP contribution is 2.67. The lowest BCUT2D eigenvalue weighted by Crippen LogP contribution is -2.64. The predicted molar refractivity (Wildman–Crippen MR) is 154 cm³/mol. The second-order valence-electron chi connectivity index (χ2n) is 14.5. The molecule has 0 amide bonds. The van der Waals surface area contributed by atoms with Crippen molar-refractivity contribution in [2.75, 3.05) is 31.7 Å². The molecule has 1 heterocycles. The van der Waals surface area contributed by atoms with Crippen molar-refractivity contribution in [1.82, 2.24) is 4.90 Å². The maximum Gasteiger partial charge on any atom is 0.264 e. The van der Waals surface area contributed by atoms with Crippen LogP contribution in [0.1, 0.15) is 79.6 Å². The average Bonchev–Trinajstić information content (AvgIpc) is 3.17. The monoisotopic (exact) mass is 597 g/mol. The topological polar surface area (TPSA) is 107 Å². The zero-order valence-corrected chi connectivity index (χ0v) is 26.6. The smallest absolute Gasteiger partial charge is 0.264 e. The van der Waals surface area contributed by atoms with Crippen molar-refractivity contribution in [2.24, 2.45) is 40.4 Å². The van der Waals surface area contributed by atoms with Gasteiger partial charge in [0, 0.05) is 44.3 Å². The molecule has 8 nitrogen and oxygen atoms in total. The lowest BCUT2D eigenvalue weighted by molar-refractivity contribution is -0.174. The number of hydrogen-bond donors (Lipinski definition) is 0. The first-order valence-corrected chi connectivity index (χ1v) is 17.8. The molecule has 0 spiro atoms. The summed E-state index contributed by atoms with van der Waals surface area (Å²) in [6.07, 6.45) is 6.10. The van der Waals surface area contributed by atoms with Crippen LogP contribution in [0.2, 0.25) is 0 Å². The standard InChI is InChI=1S/C30H47NO7S2/c1-18(32)39-16-25(34)22-10-9-21-20-8-7-19-13-26(38-40(6,35)36)23(31-11-12-37-28(2,3)17-31)14-29(19,4)27(20)24(33)15-30(21,22)5/h19-23,26-27H,7-17H2,1-6H3/t19-,20-,21-,22+,23-,26-,27+,29-,30-/m0/s1. The van der Waals surface area contributed by atoms with Crippen molar-refractivity contribution < 1.29 is 31.7 Å². The lowest BCUT2D eigenvalue weighted by atomic mass is 9.43. The molecular formula is C30H47NO7S2. The molecule has 40 heavy (non-hydrogen) atoms. The highest BCUT2D eigenvalue weighted by molar-refractivity contribution is 8.14. The molecule has 5 fully saturated rings. The number of carbonyl (C=O) groups is 3. The van der Waals surface area contributed by atoms with Gasteiger partial charge in [-0.05, 0) is 81.0 Å². The lowest BCUT2D eigenvalue weighted by Gasteiger charge is -2.62. The minimum absolute atomic E-state index is 0.0484. The molecule has 5 rings (SSSR count). The Bertz CT molecular complexity index is 1150. The van der Waals surface area contributed by atoms with E-state index in [4.69, 9.17) is 8.92 Å². The largest absolute Gasteiger partial charge is 0.373 e. The number of ketones is 2. The highest BCUT2D eigenvalue weighted by atomic mass is 32.2. The van der Waals surface area contributed by atoms with Gasteiger partial charge >= 0.3 is 0 Å². The van der Waals surface area contributed by atoms with Gasteiger partial charge in [-0.25, -0.2) is 0 Å². The van der Waals surface area contributed by atoms with Gasteiger partial charge in [0.1, 0.15) is 11.6 Å². The molecule has 0 bridgehead atoms. The molecule has 0 aromatic carbocycles. The molecule has 1 saturated heterocycles. The Labute approximate surface area is 244 Å². The van der Waals surface area contributed by atoms with Gasteiger partial charge in [0.15, 0.2) is 5.12 Å². The Morgan fingerprint density at radius 2 is 1.82 bits per heavy atom. The van der Waals surface area contributed by atoms with E-state index in [2.05, 4.69) is 32.6 Å². The SMILES string of the molecule is CC(=O)SCC(=O)[C@H]1CC[C@H]2[C@@H]3CC[C@H]4C[C@H](OS(C)(=O)=O)[C@@H](N5CCOC(C)(C)C5)C[C@]4(C)[C@H]3C(=O)C[C@]12C. The molecule has 0 aromatic rings. The summed E-state index contributed by atoms with van der Waals surface area (Å²) in [4.78, 5) is 41.3. The summed E-state index contributed by atoms with van der Waals surface area (Å²) in [6.45, 7) is 12.0. The van der Waals surface area contributed by atoms with E-state index in [1.807, 2.05) is 0 Å². The van der Waals surface area contributed by atoms with Crippen LogP contribution in [-0.4, -0.2) is 79.5 Å². The van der Waals surface area contributed by atoms with Gasteiger partial charge in [-0.2, -0.15) is 8.42 Å². The first-order valence-electron chi connectivity index (χ1n) is 15.0. The maximum absolute atomic E-state index is 14.2. The number of carbonyl (C=O) groups excluding carboxylic acids is 3. The Hall–Kier alpha value is -0.810. The van der Waals surface area contributed by atoms with E-state index in [1.165, 1.54) is 6.92 Å². The van der Waals surface area contributed by atoms with Crippen LogP contribution in [0.5, 0.6) is 0 Å². The summed E-state index contributed by atoms with van der Waals surface area (Å²) >= 11 is 1.08. The normalized spacial score (nSPS) is 43.5. The zero-order chi connectivity index (χ0) is 29.3. The molecular weight excluding hydrogens is 550 g/mol. The summed E-state index contributed by atoms with van der Waals surface area (Å²) < 4.78 is 36.4. The molecule has 5 aliphatic rings. The number of ether oxygens (including phenoxy) is 1. The van der Waals surface area contributed by atoms with E-state index in [0.717, 1.165) is 50.1 Å². The molecule has 0 N–H and O–H groups in total. The van der Waals surface area contributed by atoms with Crippen LogP contribution in [0, 0.1) is 40.4 Å². The van der Waals surface area contributed by atoms with Crippen LogP contribution in [-0.2, 0) is 33.4 Å². The summed E-state index contributed by atoms with van der Waals surface area (Å²) in [6, 6.07) is -0.111. The third kappa shape index (κ3) is 5.61. The van der Waals surface area contributed by atoms with Crippen LogP contribution >= 0.6 is 11.8 Å². The van der Waals surface area contributed by atoms with E-state index >= 15 is 0 Å². The number of nitrogens with zero attached hydrogens (tertiary/aromatic N) is 1. The van der Waals surface area contributed by atoms with Crippen molar-refractivity contribution in [2.45, 2.75) is 97.3 Å². The summed E-state index contributed by atoms with van der Waals surface area (Å²) in [7, 11) is -3.64. The fraction of sp³-hybridized carbons (Fsp3) is 0.900. The fourth-order valence-corrected chi connectivity index (χ4v) is 11.1. The van der Waals surface area contributed by atoms with Crippen molar-refractivity contribution in [1.29, 1.82) is 0 Å². The molecule has 0 unspecified atom stereocenters. The van der Waals surface area contributed by atoms with Gasteiger partial charge in [-0.1, -0.05) is 25.6 Å². The zero-order valence-electron chi connectivity index (χ0n) is 24.9. The van der Waals surface area contributed by atoms with Crippen molar-refractivity contribution >= 4 is 38.6 Å². The minimum atomic E-state index is -3.64. The van der Waals surface area contributed by atoms with Crippen LogP contribution in [0.4, 0.5) is 0 Å². The van der Waals surface area contributed by atoms with Gasteiger partial charge in [0.25, 0.3) is 10.1 Å². The third-order valence-corrected chi connectivity index (χ3v) is 12.8. The number of hydrogen-bond acceptors (Lipinski definition) is 9. The van der Waals surface area contributed by atoms with E-state index < -0.39 is 16.2 Å². The van der Waals surface area contributed by atoms with Crippen LogP contribution < -0.4 is 0 Å². The van der Waals surface area contributed by atoms with Gasteiger partial charge in [0.05, 0.1) is 30.3 Å². The van der Waals surface area contributed by atoms with E-state index in [9.17, 15) is 22.8 Å². The molecule has 0 aromatic heterocycles. The summed E-state index contributed by atoms with van der Waals surface area (Å²) in [5.41, 5.74) is -0.937. The molecule has 226 valence electrons. The van der Waals surface area contributed by atoms with E-state index in [0.29, 0.717) is 38.5 Å². The van der Waals surface area contributed by atoms with Gasteiger partial charge < -0.3 is 4.74 Å². The Morgan fingerprint density at radius 1 is 1.10 bits per heavy atom. The average molecular weight is 598 g/mol. The number of Topliss-reactive ketones (excluding diaryl/α,β-unsaturated/α-hetero) is 2. The third-order valence-electron chi connectivity index (χ3n) is 11.4. The number of morpholine rings is 1. The van der Waals surface area contributed by atoms with Crippen molar-refractivity contribution in [3.63, 3.8) is 0 Å². The first kappa shape index (κ1) is 30.6. The Kier molecular flexibility index (Phi) is 8.21. The maximum atomic E-state index is 14.2. The first-order chi connectivity index (χ1) is 18.5. The van der Waals surface area contributed by atoms with Crippen molar-refractivity contribution in [3.05, 3.63) is 0 Å². The number of fused-ring (bicyclic) bond motifs is 5. The second kappa shape index (κ2) is 10.7. The second-order valence-corrected chi connectivity index (χ2v) is 17.2. The van der Waals surface area contributed by atoms with Crippen LogP contribution in [0.3, 0.4) is 0 Å². The molecule has 1 aliphatic heterocycles. The van der Waals surface area contributed by atoms with Crippen molar-refractivity contribution in [3.8, 4) is 0 Å². The van der Waals surface area contributed by atoms with Crippen LogP contribution in [0.25, 0.3) is 0 Å². The van der Waals surface area contributed by atoms with Gasteiger partial charge in [-0.3, -0.25) is 23.5 Å². The molecule has 4 aliphatic carbocycles. The van der Waals surface area contributed by atoms with E-state index in [-0.39, 0.29) is 68.6 Å². The Morgan fingerprint density at radius 3 is 2.48 bits per heavy atom. The molecule has 0 radical (unpaired) electrons. The summed E-state index contributed by atoms with van der Waals surface area (Å²) in [5.74, 6) is 1.11. The van der Waals surface area contributed by atoms with Gasteiger partial charge in [0.2, 0.25) is 0 Å².